The van der Waals surface area contributed by atoms with Gasteiger partial charge in [-0.15, -0.1) is 6.58 Å². The van der Waals surface area contributed by atoms with E-state index in [1.54, 1.807) is 0 Å². The van der Waals surface area contributed by atoms with Gasteiger partial charge in [0, 0.05) is 6.07 Å². The van der Waals surface area contributed by atoms with E-state index in [9.17, 15) is 8.78 Å². The Morgan fingerprint density at radius 2 is 1.81 bits per heavy atom. The van der Waals surface area contributed by atoms with Crippen molar-refractivity contribution in [2.24, 2.45) is 0 Å². The van der Waals surface area contributed by atoms with E-state index in [1.807, 2.05) is 6.08 Å². The van der Waals surface area contributed by atoms with Crippen LogP contribution in [-0.2, 0) is 6.42 Å². The van der Waals surface area contributed by atoms with Crippen LogP contribution in [0.2, 0.25) is 0 Å². The van der Waals surface area contributed by atoms with Crippen LogP contribution in [0, 0.1) is 11.6 Å². The van der Waals surface area contributed by atoms with Gasteiger partial charge >= 0.3 is 0 Å². The molecule has 88 valence electrons. The molecular formula is C13H17F2N. The minimum atomic E-state index is -0.512. The van der Waals surface area contributed by atoms with Gasteiger partial charge in [0.2, 0.25) is 0 Å². The average Bonchev–Trinajstić information content (AvgIpc) is 2.22. The first-order chi connectivity index (χ1) is 7.72. The van der Waals surface area contributed by atoms with Gasteiger partial charge in [0.25, 0.3) is 0 Å². The number of rotatable bonds is 7. The third-order valence-corrected chi connectivity index (χ3v) is 2.27. The topological polar surface area (TPSA) is 12.0 Å². The Labute approximate surface area is 95.2 Å². The van der Waals surface area contributed by atoms with Gasteiger partial charge < -0.3 is 5.32 Å². The molecule has 0 aliphatic heterocycles. The first-order valence-corrected chi connectivity index (χ1v) is 5.49. The molecule has 0 fully saturated rings. The molecule has 0 spiro atoms. The van der Waals surface area contributed by atoms with Gasteiger partial charge in [-0.05, 0) is 50.0 Å². The maximum Gasteiger partial charge on any atom is 0.126 e. The number of unbranched alkanes of at least 4 members (excludes halogenated alkanes) is 1. The molecular weight excluding hydrogens is 208 g/mol. The Morgan fingerprint density at radius 3 is 2.44 bits per heavy atom. The van der Waals surface area contributed by atoms with Crippen LogP contribution in [0.3, 0.4) is 0 Å². The third kappa shape index (κ3) is 5.03. The van der Waals surface area contributed by atoms with E-state index in [2.05, 4.69) is 11.9 Å². The van der Waals surface area contributed by atoms with E-state index in [4.69, 9.17) is 0 Å². The van der Waals surface area contributed by atoms with Gasteiger partial charge in [0.15, 0.2) is 0 Å². The molecule has 16 heavy (non-hydrogen) atoms. The number of hydrogen-bond donors (Lipinski definition) is 1. The highest BCUT2D eigenvalue weighted by molar-refractivity contribution is 5.18. The molecule has 1 aromatic carbocycles. The van der Waals surface area contributed by atoms with Gasteiger partial charge in [-0.25, -0.2) is 8.78 Å². The van der Waals surface area contributed by atoms with E-state index in [0.717, 1.165) is 32.0 Å². The molecule has 0 aromatic heterocycles. The minimum absolute atomic E-state index is 0.512. The second-order valence-corrected chi connectivity index (χ2v) is 3.71. The standard InChI is InChI=1S/C13H17F2N/c1-2-3-4-6-16-7-5-11-8-12(14)10-13(15)9-11/h2,8-10,16H,1,3-7H2. The van der Waals surface area contributed by atoms with Crippen LogP contribution < -0.4 is 5.32 Å². The summed E-state index contributed by atoms with van der Waals surface area (Å²) in [5.41, 5.74) is 0.689. The van der Waals surface area contributed by atoms with E-state index in [0.29, 0.717) is 12.0 Å². The monoisotopic (exact) mass is 225 g/mol. The molecule has 0 unspecified atom stereocenters. The molecule has 0 aliphatic rings. The normalized spacial score (nSPS) is 10.4. The van der Waals surface area contributed by atoms with Crippen molar-refractivity contribution >= 4 is 0 Å². The number of benzene rings is 1. The summed E-state index contributed by atoms with van der Waals surface area (Å²) in [4.78, 5) is 0. The molecule has 0 amide bonds. The Hall–Kier alpha value is -1.22. The predicted octanol–water partition coefficient (Wildman–Crippen LogP) is 3.06. The summed E-state index contributed by atoms with van der Waals surface area (Å²) >= 11 is 0. The van der Waals surface area contributed by atoms with Crippen molar-refractivity contribution in [3.8, 4) is 0 Å². The second-order valence-electron chi connectivity index (χ2n) is 3.71. The highest BCUT2D eigenvalue weighted by Crippen LogP contribution is 2.07. The molecule has 0 saturated carbocycles. The van der Waals surface area contributed by atoms with E-state index in [-0.39, 0.29) is 0 Å². The zero-order valence-electron chi connectivity index (χ0n) is 9.31. The quantitative estimate of drug-likeness (QED) is 0.555. The molecule has 0 aliphatic carbocycles. The van der Waals surface area contributed by atoms with Crippen LogP contribution in [0.1, 0.15) is 18.4 Å². The minimum Gasteiger partial charge on any atom is -0.316 e. The maximum absolute atomic E-state index is 12.8. The second kappa shape index (κ2) is 7.12. The Balaban J connectivity index is 2.23. The molecule has 0 bridgehead atoms. The van der Waals surface area contributed by atoms with Crippen molar-refractivity contribution in [1.82, 2.24) is 5.32 Å². The summed E-state index contributed by atoms with van der Waals surface area (Å²) in [7, 11) is 0. The van der Waals surface area contributed by atoms with Crippen molar-refractivity contribution in [2.45, 2.75) is 19.3 Å². The zero-order valence-corrected chi connectivity index (χ0v) is 9.31. The van der Waals surface area contributed by atoms with E-state index < -0.39 is 11.6 Å². The lowest BCUT2D eigenvalue weighted by atomic mass is 10.1. The van der Waals surface area contributed by atoms with Crippen molar-refractivity contribution < 1.29 is 8.78 Å². The average molecular weight is 225 g/mol. The smallest absolute Gasteiger partial charge is 0.126 e. The van der Waals surface area contributed by atoms with Crippen LogP contribution >= 0.6 is 0 Å². The van der Waals surface area contributed by atoms with Crippen molar-refractivity contribution in [3.05, 3.63) is 48.1 Å². The first kappa shape index (κ1) is 12.8. The molecule has 3 heteroatoms. The fourth-order valence-corrected chi connectivity index (χ4v) is 1.48. The van der Waals surface area contributed by atoms with Gasteiger partial charge in [0.1, 0.15) is 11.6 Å². The van der Waals surface area contributed by atoms with Crippen LogP contribution in [0.25, 0.3) is 0 Å². The molecule has 0 radical (unpaired) electrons. The molecule has 0 heterocycles. The molecule has 0 saturated heterocycles. The van der Waals surface area contributed by atoms with Crippen LogP contribution in [-0.4, -0.2) is 13.1 Å². The lowest BCUT2D eigenvalue weighted by molar-refractivity contribution is 0.577. The Bertz CT molecular complexity index is 316. The molecule has 1 rings (SSSR count). The molecule has 1 nitrogen and oxygen atoms in total. The lowest BCUT2D eigenvalue weighted by Gasteiger charge is -2.04. The highest BCUT2D eigenvalue weighted by Gasteiger charge is 1.99. The number of halogens is 2. The number of hydrogen-bond acceptors (Lipinski definition) is 1. The summed E-state index contributed by atoms with van der Waals surface area (Å²) in [6.07, 6.45) is 4.55. The third-order valence-electron chi connectivity index (χ3n) is 2.27. The fourth-order valence-electron chi connectivity index (χ4n) is 1.48. The molecule has 0 atom stereocenters. The largest absolute Gasteiger partial charge is 0.316 e. The van der Waals surface area contributed by atoms with Gasteiger partial charge in [-0.2, -0.15) is 0 Å². The van der Waals surface area contributed by atoms with E-state index in [1.165, 1.54) is 12.1 Å². The van der Waals surface area contributed by atoms with Crippen LogP contribution in [0.4, 0.5) is 8.78 Å². The number of nitrogens with one attached hydrogen (secondary N) is 1. The predicted molar refractivity (Wildman–Crippen MR) is 62.4 cm³/mol. The lowest BCUT2D eigenvalue weighted by Crippen LogP contribution is -2.18. The number of allylic oxidation sites excluding steroid dienone is 1. The van der Waals surface area contributed by atoms with Crippen molar-refractivity contribution in [3.63, 3.8) is 0 Å². The molecule has 1 aromatic rings. The Morgan fingerprint density at radius 1 is 1.12 bits per heavy atom. The fraction of sp³-hybridized carbons (Fsp3) is 0.385. The van der Waals surface area contributed by atoms with Crippen LogP contribution in [0.15, 0.2) is 30.9 Å². The summed E-state index contributed by atoms with van der Waals surface area (Å²) < 4.78 is 25.7. The SMILES string of the molecule is C=CCCCNCCc1cc(F)cc(F)c1. The zero-order chi connectivity index (χ0) is 11.8. The van der Waals surface area contributed by atoms with Gasteiger partial charge in [0.05, 0.1) is 0 Å². The van der Waals surface area contributed by atoms with Crippen molar-refractivity contribution in [2.75, 3.05) is 13.1 Å². The van der Waals surface area contributed by atoms with Gasteiger partial charge in [-0.3, -0.25) is 0 Å². The summed E-state index contributed by atoms with van der Waals surface area (Å²) in [6, 6.07) is 3.63. The summed E-state index contributed by atoms with van der Waals surface area (Å²) in [5.74, 6) is -1.02. The molecule has 1 N–H and O–H groups in total. The Kier molecular flexibility index (Phi) is 5.72. The first-order valence-electron chi connectivity index (χ1n) is 5.49. The summed E-state index contributed by atoms with van der Waals surface area (Å²) in [5, 5.41) is 3.21. The van der Waals surface area contributed by atoms with Gasteiger partial charge in [-0.1, -0.05) is 6.08 Å². The highest BCUT2D eigenvalue weighted by atomic mass is 19.1. The van der Waals surface area contributed by atoms with E-state index >= 15 is 0 Å². The maximum atomic E-state index is 12.8. The summed E-state index contributed by atoms with van der Waals surface area (Å²) in [6.45, 7) is 5.28. The van der Waals surface area contributed by atoms with Crippen molar-refractivity contribution in [1.29, 1.82) is 0 Å². The van der Waals surface area contributed by atoms with Crippen LogP contribution in [0.5, 0.6) is 0 Å².